The smallest absolute Gasteiger partial charge is 0.328 e. The molecule has 0 saturated carbocycles. The lowest BCUT2D eigenvalue weighted by atomic mass is 9.83. The minimum Gasteiger partial charge on any atom is -0.466 e. The Bertz CT molecular complexity index is 891. The highest BCUT2D eigenvalue weighted by atomic mass is 35.5. The normalized spacial score (nSPS) is 13.4. The molecule has 2 N–H and O–H groups in total. The molecule has 0 aliphatic carbocycles. The van der Waals surface area contributed by atoms with Gasteiger partial charge in [0.15, 0.2) is 1.41 Å². The molecule has 0 aliphatic heterocycles. The maximum absolute atomic E-state index is 13.3. The number of hydrogen-bond acceptors (Lipinski definition) is 6. The zero-order chi connectivity index (χ0) is 27.5. The van der Waals surface area contributed by atoms with Crippen molar-refractivity contribution in [3.05, 3.63) is 34.9 Å². The van der Waals surface area contributed by atoms with Gasteiger partial charge in [-0.2, -0.15) is 0 Å². The maximum Gasteiger partial charge on any atom is 0.328 e. The molecule has 0 aliphatic rings. The number of nitrogens with one attached hydrogen (secondary N) is 2. The van der Waals surface area contributed by atoms with Crippen LogP contribution in [-0.2, 0) is 34.1 Å². The van der Waals surface area contributed by atoms with Crippen LogP contribution < -0.4 is 10.6 Å². The van der Waals surface area contributed by atoms with Gasteiger partial charge in [0.2, 0.25) is 11.8 Å². The molecule has 0 radical (unpaired) electrons. The Kier molecular flexibility index (Phi) is 12.0. The summed E-state index contributed by atoms with van der Waals surface area (Å²) in [5, 5.41) is 3.78. The molecule has 1 aromatic rings. The Morgan fingerprint density at radius 3 is 2.14 bits per heavy atom. The fraction of sp³-hybridized carbons (Fsp3) is 0.615. The third-order valence-electron chi connectivity index (χ3n) is 5.41. The lowest BCUT2D eigenvalue weighted by Crippen LogP contribution is -2.56. The van der Waals surface area contributed by atoms with Crippen LogP contribution in [0.4, 0.5) is 0 Å². The van der Waals surface area contributed by atoms with Crippen LogP contribution in [0, 0.1) is 5.92 Å². The summed E-state index contributed by atoms with van der Waals surface area (Å²) < 4.78 is 18.8. The van der Waals surface area contributed by atoms with Crippen LogP contribution >= 0.6 is 11.6 Å². The molecular formula is C26H39ClN2O6. The van der Waals surface area contributed by atoms with Gasteiger partial charge in [0.05, 0.1) is 18.6 Å². The van der Waals surface area contributed by atoms with Gasteiger partial charge < -0.3 is 20.1 Å². The summed E-state index contributed by atoms with van der Waals surface area (Å²) in [5.74, 6) is -2.87. The molecule has 0 fully saturated rings. The number of amides is 2. The van der Waals surface area contributed by atoms with Crippen molar-refractivity contribution in [2.24, 2.45) is 5.92 Å². The second-order valence-electron chi connectivity index (χ2n) is 9.24. The Hall–Kier alpha value is -2.61. The first-order valence-electron chi connectivity index (χ1n) is 12.5. The highest BCUT2D eigenvalue weighted by Gasteiger charge is 2.35. The monoisotopic (exact) mass is 511 g/mol. The van der Waals surface area contributed by atoms with Crippen molar-refractivity contribution < 1.29 is 30.1 Å². The topological polar surface area (TPSA) is 111 Å². The minimum absolute atomic E-state index is 0.0239. The van der Waals surface area contributed by atoms with Gasteiger partial charge in [-0.1, -0.05) is 51.4 Å². The van der Waals surface area contributed by atoms with E-state index in [1.165, 1.54) is 0 Å². The van der Waals surface area contributed by atoms with E-state index in [9.17, 15) is 19.2 Å². The zero-order valence-electron chi connectivity index (χ0n) is 22.6. The first kappa shape index (κ1) is 28.6. The predicted molar refractivity (Wildman–Crippen MR) is 135 cm³/mol. The third-order valence-corrected chi connectivity index (χ3v) is 5.66. The number of esters is 2. The van der Waals surface area contributed by atoms with E-state index in [0.717, 1.165) is 0 Å². The Labute approximate surface area is 214 Å². The molecule has 2 atom stereocenters. The van der Waals surface area contributed by atoms with E-state index in [2.05, 4.69) is 5.32 Å². The molecule has 0 bridgehead atoms. The summed E-state index contributed by atoms with van der Waals surface area (Å²) >= 11 is 5.96. The summed E-state index contributed by atoms with van der Waals surface area (Å²) in [4.78, 5) is 51.2. The summed E-state index contributed by atoms with van der Waals surface area (Å²) in [6.45, 7) is 10.9. The van der Waals surface area contributed by atoms with Crippen molar-refractivity contribution in [3.8, 4) is 0 Å². The quantitative estimate of drug-likeness (QED) is 0.366. The van der Waals surface area contributed by atoms with Gasteiger partial charge in [-0.3, -0.25) is 14.4 Å². The Balaban J connectivity index is 3.08. The number of rotatable bonds is 14. The van der Waals surface area contributed by atoms with Gasteiger partial charge in [-0.05, 0) is 56.7 Å². The van der Waals surface area contributed by atoms with E-state index >= 15 is 0 Å². The van der Waals surface area contributed by atoms with Crippen LogP contribution in [0.2, 0.25) is 6.43 Å². The number of carbonyl (C=O) groups excluding carboxylic acids is 4. The van der Waals surface area contributed by atoms with Gasteiger partial charge in [-0.25, -0.2) is 4.79 Å². The van der Waals surface area contributed by atoms with E-state index in [4.69, 9.17) is 22.5 Å². The standard InChI is InChI=1S/C26H39ClN2O6/c1-7-15-34-21(30)14-13-20(24(32)35-16-8-2)28-23(31)22(17(3)4)29-25(33)26(5,6)18-9-11-19(27)12-10-18/h9-12,17,20,22H,7-8,13-16H2,1-6H3,(H,28,31)(H,29,33)/t20-,22-/m0/s1/i/hD. The van der Waals surface area contributed by atoms with E-state index in [-0.39, 0.29) is 26.1 Å². The third kappa shape index (κ3) is 9.88. The van der Waals surface area contributed by atoms with Crippen molar-refractivity contribution in [1.29, 1.82) is 0 Å². The maximum atomic E-state index is 13.3. The van der Waals surface area contributed by atoms with Crippen molar-refractivity contribution in [1.82, 2.24) is 10.6 Å². The molecule has 0 aromatic heterocycles. The van der Waals surface area contributed by atoms with Gasteiger partial charge in [-0.15, -0.1) is 0 Å². The fourth-order valence-electron chi connectivity index (χ4n) is 3.15. The molecule has 196 valence electrons. The molecule has 35 heavy (non-hydrogen) atoms. The number of halogens is 1. The minimum atomic E-state index is -1.18. The van der Waals surface area contributed by atoms with Crippen LogP contribution in [0.3, 0.4) is 0 Å². The molecule has 0 heterocycles. The molecule has 8 nitrogen and oxygen atoms in total. The van der Waals surface area contributed by atoms with Crippen LogP contribution in [0.25, 0.3) is 0 Å². The lowest BCUT2D eigenvalue weighted by Gasteiger charge is -2.30. The SMILES string of the molecule is [2H]N(C(=O)C(C)(C)c1ccc(Cl)cc1)[C@H](C(=O)N[C@@H](CCC(=O)OCCC)C(=O)OCCC)C(C)C. The van der Waals surface area contributed by atoms with Gasteiger partial charge in [0.1, 0.15) is 12.1 Å². The van der Waals surface area contributed by atoms with Crippen LogP contribution in [0.1, 0.15) is 72.8 Å². The van der Waals surface area contributed by atoms with Gasteiger partial charge in [0.25, 0.3) is 0 Å². The Morgan fingerprint density at radius 1 is 1.03 bits per heavy atom. The van der Waals surface area contributed by atoms with Gasteiger partial charge in [0, 0.05) is 11.4 Å². The molecular weight excluding hydrogens is 472 g/mol. The summed E-state index contributed by atoms with van der Waals surface area (Å²) in [6.07, 6.45) is 1.14. The highest BCUT2D eigenvalue weighted by molar-refractivity contribution is 6.30. The van der Waals surface area contributed by atoms with Crippen LogP contribution in [0.15, 0.2) is 24.3 Å². The molecule has 0 unspecified atom stereocenters. The summed E-state index contributed by atoms with van der Waals surface area (Å²) in [7, 11) is 0. The molecule has 0 saturated heterocycles. The van der Waals surface area contributed by atoms with Gasteiger partial charge >= 0.3 is 11.9 Å². The Morgan fingerprint density at radius 2 is 1.60 bits per heavy atom. The molecule has 0 spiro atoms. The molecule has 1 aromatic carbocycles. The highest BCUT2D eigenvalue weighted by Crippen LogP contribution is 2.25. The second kappa shape index (κ2) is 14.7. The van der Waals surface area contributed by atoms with Crippen molar-refractivity contribution in [2.45, 2.75) is 84.7 Å². The zero-order valence-corrected chi connectivity index (χ0v) is 22.3. The molecule has 1 rings (SSSR count). The van der Waals surface area contributed by atoms with E-state index < -0.39 is 47.2 Å². The predicted octanol–water partition coefficient (Wildman–Crippen LogP) is 3.93. The van der Waals surface area contributed by atoms with Crippen molar-refractivity contribution in [2.75, 3.05) is 13.2 Å². The average Bonchev–Trinajstić information content (AvgIpc) is 2.83. The van der Waals surface area contributed by atoms with Crippen molar-refractivity contribution >= 4 is 35.4 Å². The number of carbonyl (C=O) groups is 4. The lowest BCUT2D eigenvalue weighted by molar-refractivity contribution is -0.149. The second-order valence-corrected chi connectivity index (χ2v) is 9.68. The van der Waals surface area contributed by atoms with Crippen LogP contribution in [-0.4, -0.2) is 49.1 Å². The largest absolute Gasteiger partial charge is 0.466 e. The molecule has 2 amide bonds. The summed E-state index contributed by atoms with van der Waals surface area (Å²) in [6, 6.07) is 4.42. The van der Waals surface area contributed by atoms with Crippen molar-refractivity contribution in [3.63, 3.8) is 0 Å². The van der Waals surface area contributed by atoms with E-state index in [1.54, 1.807) is 52.0 Å². The fourth-order valence-corrected chi connectivity index (χ4v) is 3.27. The molecule has 9 heteroatoms. The van der Waals surface area contributed by atoms with Crippen LogP contribution in [0.5, 0.6) is 0 Å². The average molecular weight is 512 g/mol. The first-order chi connectivity index (χ1) is 16.9. The number of benzene rings is 1. The summed E-state index contributed by atoms with van der Waals surface area (Å²) in [5.41, 5.74) is -0.467. The number of ether oxygens (including phenoxy) is 2. The van der Waals surface area contributed by atoms with E-state index in [1.807, 2.05) is 13.8 Å². The number of hydrogen-bond donors (Lipinski definition) is 2. The van der Waals surface area contributed by atoms with E-state index in [0.29, 0.717) is 28.7 Å². The first-order valence-corrected chi connectivity index (χ1v) is 12.5.